The molecule has 1 fully saturated rings. The molecule has 2 rings (SSSR count). The molecule has 3 heteroatoms. The first-order valence-electron chi connectivity index (χ1n) is 8.25. The lowest BCUT2D eigenvalue weighted by Gasteiger charge is -2.39. The van der Waals surface area contributed by atoms with E-state index in [1.807, 2.05) is 0 Å². The number of fused-ring (bicyclic) bond motifs is 1. The van der Waals surface area contributed by atoms with Gasteiger partial charge in [-0.2, -0.15) is 0 Å². The molecule has 2 aliphatic rings. The molecule has 0 aromatic rings. The molecular weight excluding hydrogens is 262 g/mol. The van der Waals surface area contributed by atoms with Gasteiger partial charge in [0, 0.05) is 17.8 Å². The molecule has 0 saturated heterocycles. The highest BCUT2D eigenvalue weighted by molar-refractivity contribution is 5.96. The Balaban J connectivity index is 2.25. The second kappa shape index (κ2) is 6.01. The Labute approximate surface area is 129 Å². The summed E-state index contributed by atoms with van der Waals surface area (Å²) in [5, 5.41) is 14.5. The average molecular weight is 291 g/mol. The van der Waals surface area contributed by atoms with Gasteiger partial charge in [0.1, 0.15) is 5.60 Å². The third-order valence-corrected chi connectivity index (χ3v) is 5.72. The number of hydrogen-bond acceptors (Lipinski definition) is 3. The highest BCUT2D eigenvalue weighted by Crippen LogP contribution is 2.55. The molecule has 2 atom stereocenters. The lowest BCUT2D eigenvalue weighted by Crippen LogP contribution is -2.48. The zero-order valence-corrected chi connectivity index (χ0v) is 13.9. The number of hydrogen-bond donors (Lipinski definition) is 1. The van der Waals surface area contributed by atoms with Gasteiger partial charge in [0.25, 0.3) is 0 Å². The monoisotopic (exact) mass is 291 g/mol. The average Bonchev–Trinajstić information content (AvgIpc) is 2.98. The Morgan fingerprint density at radius 2 is 2.05 bits per heavy atom. The van der Waals surface area contributed by atoms with Crippen molar-refractivity contribution in [1.29, 1.82) is 0 Å². The van der Waals surface area contributed by atoms with Crippen LogP contribution in [0.25, 0.3) is 0 Å². The minimum Gasteiger partial charge on any atom is -0.395 e. The number of rotatable bonds is 6. The predicted molar refractivity (Wildman–Crippen MR) is 85.9 cm³/mol. The van der Waals surface area contributed by atoms with Crippen molar-refractivity contribution in [2.24, 2.45) is 28.3 Å². The quantitative estimate of drug-likeness (QED) is 0.600. The van der Waals surface area contributed by atoms with Gasteiger partial charge < -0.3 is 9.94 Å². The Bertz CT molecular complexity index is 439. The van der Waals surface area contributed by atoms with Gasteiger partial charge >= 0.3 is 0 Å². The van der Waals surface area contributed by atoms with Crippen molar-refractivity contribution < 1.29 is 9.94 Å². The lowest BCUT2D eigenvalue weighted by molar-refractivity contribution is -0.113. The van der Waals surface area contributed by atoms with E-state index in [1.54, 1.807) is 0 Å². The predicted octanol–water partition coefficient (Wildman–Crippen LogP) is 3.62. The number of oxime groups is 1. The Kier molecular flexibility index (Phi) is 4.68. The molecular formula is C18H29NO2. The highest BCUT2D eigenvalue weighted by Gasteiger charge is 2.60. The zero-order valence-electron chi connectivity index (χ0n) is 13.9. The van der Waals surface area contributed by atoms with Crippen LogP contribution in [0.3, 0.4) is 0 Å². The van der Waals surface area contributed by atoms with Crippen LogP contribution >= 0.6 is 0 Å². The molecule has 0 unspecified atom stereocenters. The summed E-state index contributed by atoms with van der Waals surface area (Å²) in [6, 6.07) is 0. The maximum absolute atomic E-state index is 10.0. The van der Waals surface area contributed by atoms with Gasteiger partial charge in [-0.1, -0.05) is 32.9 Å². The molecule has 1 aliphatic carbocycles. The van der Waals surface area contributed by atoms with E-state index in [9.17, 15) is 5.11 Å². The van der Waals surface area contributed by atoms with Gasteiger partial charge in [-0.15, -0.1) is 12.3 Å². The normalized spacial score (nSPS) is 30.2. The van der Waals surface area contributed by atoms with Crippen LogP contribution < -0.4 is 0 Å². The van der Waals surface area contributed by atoms with E-state index >= 15 is 0 Å². The first-order valence-corrected chi connectivity index (χ1v) is 8.25. The van der Waals surface area contributed by atoms with E-state index in [4.69, 9.17) is 11.3 Å². The van der Waals surface area contributed by atoms with E-state index < -0.39 is 0 Å². The van der Waals surface area contributed by atoms with Crippen LogP contribution in [0.4, 0.5) is 0 Å². The molecule has 0 spiro atoms. The van der Waals surface area contributed by atoms with E-state index in [-0.39, 0.29) is 17.6 Å². The van der Waals surface area contributed by atoms with Crippen LogP contribution in [0.1, 0.15) is 59.8 Å². The summed E-state index contributed by atoms with van der Waals surface area (Å²) in [5.41, 5.74) is 0.690. The number of aliphatic hydroxyl groups excluding tert-OH is 1. The Hall–Kier alpha value is -1.01. The number of unbranched alkanes of at least 4 members (excludes halogenated alkanes) is 1. The van der Waals surface area contributed by atoms with Crippen molar-refractivity contribution in [2.75, 3.05) is 6.61 Å². The molecule has 1 N–H and O–H groups in total. The van der Waals surface area contributed by atoms with E-state index in [1.165, 1.54) is 0 Å². The van der Waals surface area contributed by atoms with Crippen molar-refractivity contribution in [3.63, 3.8) is 0 Å². The van der Waals surface area contributed by atoms with Crippen LogP contribution in [-0.4, -0.2) is 23.0 Å². The summed E-state index contributed by atoms with van der Waals surface area (Å²) < 4.78 is 0. The Morgan fingerprint density at radius 3 is 2.57 bits per heavy atom. The van der Waals surface area contributed by atoms with Crippen molar-refractivity contribution in [3.8, 4) is 12.3 Å². The molecule has 0 bridgehead atoms. The SMILES string of the molecule is C#CCCC[C@@]1(CO)CC[C@H]2C1=NOC2(C(C)C)C(C)C. The maximum Gasteiger partial charge on any atom is 0.150 e. The number of aliphatic hydroxyl groups is 1. The van der Waals surface area contributed by atoms with Crippen molar-refractivity contribution in [2.45, 2.75) is 65.4 Å². The summed E-state index contributed by atoms with van der Waals surface area (Å²) in [6.07, 6.45) is 10.0. The van der Waals surface area contributed by atoms with Gasteiger partial charge in [0.05, 0.1) is 12.3 Å². The fourth-order valence-electron chi connectivity index (χ4n) is 4.55. The second-order valence-corrected chi connectivity index (χ2v) is 7.32. The molecule has 1 saturated carbocycles. The second-order valence-electron chi connectivity index (χ2n) is 7.32. The summed E-state index contributed by atoms with van der Waals surface area (Å²) in [7, 11) is 0. The van der Waals surface area contributed by atoms with Crippen molar-refractivity contribution in [1.82, 2.24) is 0 Å². The molecule has 0 radical (unpaired) electrons. The van der Waals surface area contributed by atoms with Gasteiger partial charge in [0.2, 0.25) is 0 Å². The first-order chi connectivity index (χ1) is 9.94. The molecule has 118 valence electrons. The summed E-state index contributed by atoms with van der Waals surface area (Å²) >= 11 is 0. The van der Waals surface area contributed by atoms with Gasteiger partial charge in [0.15, 0.2) is 0 Å². The number of nitrogens with zero attached hydrogens (tertiary/aromatic N) is 1. The van der Waals surface area contributed by atoms with Crippen LogP contribution in [-0.2, 0) is 4.84 Å². The van der Waals surface area contributed by atoms with Crippen LogP contribution in [0, 0.1) is 35.5 Å². The minimum atomic E-state index is -0.210. The molecule has 1 aliphatic heterocycles. The standard InChI is InChI=1S/C18H29NO2/c1-6-7-8-10-17(12-20)11-9-15-16(17)19-21-18(15,13(2)3)14(4)5/h1,13-15,20H,7-12H2,2-5H3/t15-,17-/m0/s1. The van der Waals surface area contributed by atoms with E-state index in [0.717, 1.165) is 37.8 Å². The van der Waals surface area contributed by atoms with Gasteiger partial charge in [-0.05, 0) is 37.5 Å². The van der Waals surface area contributed by atoms with Gasteiger partial charge in [-0.25, -0.2) is 0 Å². The molecule has 0 amide bonds. The fraction of sp³-hybridized carbons (Fsp3) is 0.833. The fourth-order valence-corrected chi connectivity index (χ4v) is 4.55. The third kappa shape index (κ3) is 2.38. The number of terminal acetylenes is 1. The van der Waals surface area contributed by atoms with E-state index in [2.05, 4.69) is 38.8 Å². The maximum atomic E-state index is 10.0. The Morgan fingerprint density at radius 1 is 1.38 bits per heavy atom. The van der Waals surface area contributed by atoms with Crippen molar-refractivity contribution >= 4 is 5.71 Å². The van der Waals surface area contributed by atoms with Crippen LogP contribution in [0.5, 0.6) is 0 Å². The van der Waals surface area contributed by atoms with Crippen molar-refractivity contribution in [3.05, 3.63) is 0 Å². The molecule has 3 nitrogen and oxygen atoms in total. The minimum absolute atomic E-state index is 0.155. The molecule has 0 aromatic carbocycles. The topological polar surface area (TPSA) is 41.8 Å². The molecule has 1 heterocycles. The summed E-state index contributed by atoms with van der Waals surface area (Å²) in [6.45, 7) is 9.03. The molecule has 0 aromatic heterocycles. The van der Waals surface area contributed by atoms with E-state index in [0.29, 0.717) is 17.8 Å². The largest absolute Gasteiger partial charge is 0.395 e. The first kappa shape index (κ1) is 16.4. The zero-order chi connectivity index (χ0) is 15.7. The smallest absolute Gasteiger partial charge is 0.150 e. The van der Waals surface area contributed by atoms with Crippen LogP contribution in [0.2, 0.25) is 0 Å². The highest BCUT2D eigenvalue weighted by atomic mass is 16.7. The summed E-state index contributed by atoms with van der Waals surface area (Å²) in [5.74, 6) is 3.85. The lowest BCUT2D eigenvalue weighted by atomic mass is 9.68. The van der Waals surface area contributed by atoms with Crippen LogP contribution in [0.15, 0.2) is 5.16 Å². The summed E-state index contributed by atoms with van der Waals surface area (Å²) in [4.78, 5) is 6.03. The van der Waals surface area contributed by atoms with Gasteiger partial charge in [-0.3, -0.25) is 0 Å². The molecule has 21 heavy (non-hydrogen) atoms. The third-order valence-electron chi connectivity index (χ3n) is 5.72.